The molecule has 1 heterocycles. The Kier molecular flexibility index (Phi) is 7.32. The first-order chi connectivity index (χ1) is 13.1. The van der Waals surface area contributed by atoms with Crippen LogP contribution in [0.15, 0.2) is 35.0 Å². The Bertz CT molecular complexity index is 782. The van der Waals surface area contributed by atoms with E-state index in [2.05, 4.69) is 5.32 Å². The molecular formula is C19H24Cl2N4O3. The molecule has 1 saturated heterocycles. The normalized spacial score (nSPS) is 15.6. The summed E-state index contributed by atoms with van der Waals surface area (Å²) in [6.07, 6.45) is 0.667. The van der Waals surface area contributed by atoms with Gasteiger partial charge in [-0.3, -0.25) is 4.79 Å². The molecule has 0 radical (unpaired) electrons. The summed E-state index contributed by atoms with van der Waals surface area (Å²) in [5.74, 6) is -0.531. The molecule has 152 valence electrons. The number of amides is 2. The van der Waals surface area contributed by atoms with Gasteiger partial charge < -0.3 is 25.3 Å². The molecule has 1 aromatic carbocycles. The van der Waals surface area contributed by atoms with Crippen LogP contribution in [0.4, 0.5) is 10.5 Å². The highest BCUT2D eigenvalue weighted by atomic mass is 35.5. The van der Waals surface area contributed by atoms with Crippen LogP contribution in [-0.2, 0) is 9.53 Å². The Hall–Kier alpha value is -2.25. The van der Waals surface area contributed by atoms with E-state index in [0.717, 1.165) is 6.21 Å². The third kappa shape index (κ3) is 6.14. The van der Waals surface area contributed by atoms with Gasteiger partial charge in [-0.2, -0.15) is 0 Å². The first-order valence-corrected chi connectivity index (χ1v) is 9.56. The summed E-state index contributed by atoms with van der Waals surface area (Å²) in [4.78, 5) is 28.0. The van der Waals surface area contributed by atoms with Crippen molar-refractivity contribution in [2.75, 3.05) is 31.5 Å². The minimum atomic E-state index is -0.560. The van der Waals surface area contributed by atoms with Crippen LogP contribution in [0.1, 0.15) is 20.8 Å². The van der Waals surface area contributed by atoms with Crippen LogP contribution in [0.3, 0.4) is 0 Å². The number of halogens is 2. The lowest BCUT2D eigenvalue weighted by atomic mass is 10.2. The van der Waals surface area contributed by atoms with Crippen molar-refractivity contribution in [3.63, 3.8) is 0 Å². The molecule has 7 nitrogen and oxygen atoms in total. The van der Waals surface area contributed by atoms with Gasteiger partial charge in [-0.1, -0.05) is 29.3 Å². The molecule has 9 heteroatoms. The standard InChI is InChI=1S/C19H24Cl2N4O3/c1-19(2,3)28-18(27)25-9-7-24(8-10-25)15(12-22)16(21)17(26)23-14-6-4-5-13(20)11-14/h4-6,11-12,22H,7-10H2,1-3H3,(H,23,26). The zero-order valence-corrected chi connectivity index (χ0v) is 17.6. The van der Waals surface area contributed by atoms with Crippen molar-refractivity contribution in [2.24, 2.45) is 0 Å². The predicted molar refractivity (Wildman–Crippen MR) is 111 cm³/mol. The van der Waals surface area contributed by atoms with Gasteiger partial charge in [-0.25, -0.2) is 4.79 Å². The van der Waals surface area contributed by atoms with E-state index in [1.807, 2.05) is 20.8 Å². The SMILES string of the molecule is CC(C)(C)OC(=O)N1CCN(C(C=N)=C(Cl)C(=O)Nc2cccc(Cl)c2)CC1. The number of allylic oxidation sites excluding steroid dienone is 1. The maximum Gasteiger partial charge on any atom is 0.410 e. The van der Waals surface area contributed by atoms with Gasteiger partial charge in [-0.15, -0.1) is 0 Å². The summed E-state index contributed by atoms with van der Waals surface area (Å²) in [5, 5.41) is 10.7. The summed E-state index contributed by atoms with van der Waals surface area (Å²) < 4.78 is 5.37. The van der Waals surface area contributed by atoms with E-state index >= 15 is 0 Å². The van der Waals surface area contributed by atoms with E-state index in [1.165, 1.54) is 0 Å². The van der Waals surface area contributed by atoms with Crippen LogP contribution in [0.2, 0.25) is 5.02 Å². The molecule has 1 aliphatic heterocycles. The summed E-state index contributed by atoms with van der Waals surface area (Å²) in [7, 11) is 0. The fourth-order valence-electron chi connectivity index (χ4n) is 2.62. The van der Waals surface area contributed by atoms with Gasteiger partial charge in [0.05, 0.1) is 5.70 Å². The van der Waals surface area contributed by atoms with E-state index in [9.17, 15) is 9.59 Å². The molecule has 0 atom stereocenters. The molecule has 1 aromatic rings. The van der Waals surface area contributed by atoms with Crippen molar-refractivity contribution in [1.29, 1.82) is 5.41 Å². The molecule has 0 unspecified atom stereocenters. The van der Waals surface area contributed by atoms with Gasteiger partial charge in [0.25, 0.3) is 5.91 Å². The number of benzene rings is 1. The zero-order valence-electron chi connectivity index (χ0n) is 16.1. The van der Waals surface area contributed by atoms with Crippen LogP contribution < -0.4 is 5.32 Å². The first kappa shape index (κ1) is 22.0. The van der Waals surface area contributed by atoms with Crippen molar-refractivity contribution in [2.45, 2.75) is 26.4 Å². The molecule has 0 spiro atoms. The average Bonchev–Trinajstić information content (AvgIpc) is 2.61. The van der Waals surface area contributed by atoms with E-state index < -0.39 is 11.5 Å². The molecule has 0 saturated carbocycles. The second-order valence-electron chi connectivity index (χ2n) is 7.26. The smallest absolute Gasteiger partial charge is 0.410 e. The van der Waals surface area contributed by atoms with Crippen LogP contribution in [0.25, 0.3) is 0 Å². The number of nitrogens with one attached hydrogen (secondary N) is 2. The quantitative estimate of drug-likeness (QED) is 0.563. The monoisotopic (exact) mass is 426 g/mol. The van der Waals surface area contributed by atoms with Gasteiger partial charge in [0.1, 0.15) is 10.6 Å². The van der Waals surface area contributed by atoms with Crippen molar-refractivity contribution in [3.8, 4) is 0 Å². The Morgan fingerprint density at radius 3 is 2.32 bits per heavy atom. The highest BCUT2D eigenvalue weighted by Gasteiger charge is 2.27. The summed E-state index contributed by atoms with van der Waals surface area (Å²) in [5.41, 5.74) is 0.246. The van der Waals surface area contributed by atoms with Gasteiger partial charge in [0.2, 0.25) is 0 Å². The van der Waals surface area contributed by atoms with Crippen molar-refractivity contribution < 1.29 is 14.3 Å². The van der Waals surface area contributed by atoms with Crippen molar-refractivity contribution in [1.82, 2.24) is 9.80 Å². The topological polar surface area (TPSA) is 85.7 Å². The Labute approximate surface area is 174 Å². The maximum atomic E-state index is 12.4. The Morgan fingerprint density at radius 2 is 1.79 bits per heavy atom. The highest BCUT2D eigenvalue weighted by molar-refractivity contribution is 6.45. The fraction of sp³-hybridized carbons (Fsp3) is 0.421. The number of nitrogens with zero attached hydrogens (tertiary/aromatic N) is 2. The number of carbonyl (C=O) groups excluding carboxylic acids is 2. The molecule has 2 amide bonds. The van der Waals surface area contributed by atoms with Crippen molar-refractivity contribution in [3.05, 3.63) is 40.0 Å². The van der Waals surface area contributed by atoms with Crippen LogP contribution in [0.5, 0.6) is 0 Å². The molecule has 2 rings (SSSR count). The third-order valence-corrected chi connectivity index (χ3v) is 4.52. The fourth-order valence-corrected chi connectivity index (χ4v) is 3.03. The second-order valence-corrected chi connectivity index (χ2v) is 8.08. The van der Waals surface area contributed by atoms with Crippen LogP contribution in [-0.4, -0.2) is 59.8 Å². The summed E-state index contributed by atoms with van der Waals surface area (Å²) in [6, 6.07) is 6.70. The third-order valence-electron chi connectivity index (χ3n) is 3.92. The van der Waals surface area contributed by atoms with Crippen molar-refractivity contribution >= 4 is 47.1 Å². The number of ether oxygens (including phenoxy) is 1. The molecule has 0 aliphatic carbocycles. The van der Waals surface area contributed by atoms with Crippen LogP contribution in [0, 0.1) is 5.41 Å². The van der Waals surface area contributed by atoms with Gasteiger partial charge >= 0.3 is 6.09 Å². The van der Waals surface area contributed by atoms with Crippen LogP contribution >= 0.6 is 23.2 Å². The maximum absolute atomic E-state index is 12.4. The van der Waals surface area contributed by atoms with E-state index in [1.54, 1.807) is 34.1 Å². The lowest BCUT2D eigenvalue weighted by Crippen LogP contribution is -2.50. The summed E-state index contributed by atoms with van der Waals surface area (Å²) >= 11 is 12.2. The highest BCUT2D eigenvalue weighted by Crippen LogP contribution is 2.20. The predicted octanol–water partition coefficient (Wildman–Crippen LogP) is 3.93. The van der Waals surface area contributed by atoms with E-state index in [-0.39, 0.29) is 11.1 Å². The Balaban J connectivity index is 2.03. The van der Waals surface area contributed by atoms with E-state index in [0.29, 0.717) is 42.6 Å². The molecular weight excluding hydrogens is 403 g/mol. The number of rotatable bonds is 4. The molecule has 0 bridgehead atoms. The van der Waals surface area contributed by atoms with Gasteiger partial charge in [0, 0.05) is 43.1 Å². The average molecular weight is 427 g/mol. The molecule has 1 aliphatic rings. The molecule has 1 fully saturated rings. The number of anilines is 1. The summed E-state index contributed by atoms with van der Waals surface area (Å²) in [6.45, 7) is 7.13. The lowest BCUT2D eigenvalue weighted by Gasteiger charge is -2.37. The molecule has 28 heavy (non-hydrogen) atoms. The minimum Gasteiger partial charge on any atom is -0.444 e. The molecule has 2 N–H and O–H groups in total. The molecule has 0 aromatic heterocycles. The number of hydrogen-bond donors (Lipinski definition) is 2. The Morgan fingerprint density at radius 1 is 1.18 bits per heavy atom. The lowest BCUT2D eigenvalue weighted by molar-refractivity contribution is -0.112. The zero-order chi connectivity index (χ0) is 20.9. The number of hydrogen-bond acceptors (Lipinski definition) is 5. The second kappa shape index (κ2) is 9.30. The number of carbonyl (C=O) groups is 2. The first-order valence-electron chi connectivity index (χ1n) is 8.81. The largest absolute Gasteiger partial charge is 0.444 e. The minimum absolute atomic E-state index is 0.0966. The van der Waals surface area contributed by atoms with Gasteiger partial charge in [0.15, 0.2) is 0 Å². The van der Waals surface area contributed by atoms with Gasteiger partial charge in [-0.05, 0) is 39.0 Å². The van der Waals surface area contributed by atoms with E-state index in [4.69, 9.17) is 33.3 Å². The number of piperazine rings is 1.